The van der Waals surface area contributed by atoms with Crippen LogP contribution >= 0.6 is 0 Å². The molecule has 5 heteroatoms. The molecule has 1 aliphatic heterocycles. The summed E-state index contributed by atoms with van der Waals surface area (Å²) < 4.78 is 17.4. The van der Waals surface area contributed by atoms with Gasteiger partial charge >= 0.3 is 5.97 Å². The van der Waals surface area contributed by atoms with Gasteiger partial charge in [0.15, 0.2) is 4.90 Å². The van der Waals surface area contributed by atoms with E-state index < -0.39 is 11.2 Å². The Kier molecular flexibility index (Phi) is 3.81. The highest BCUT2D eigenvalue weighted by molar-refractivity contribution is 7.92. The van der Waals surface area contributed by atoms with Gasteiger partial charge in [-0.15, -0.1) is 0 Å². The molecule has 3 fully saturated rings. The van der Waals surface area contributed by atoms with Crippen LogP contribution in [-0.4, -0.2) is 36.0 Å². The summed E-state index contributed by atoms with van der Waals surface area (Å²) in [6.45, 7) is 1.95. The number of carbonyl (C=O) groups is 1. The molecule has 23 heavy (non-hydrogen) atoms. The van der Waals surface area contributed by atoms with Gasteiger partial charge in [0.1, 0.15) is 5.25 Å². The molecule has 0 aromatic heterocycles. The number of carbonyl (C=O) groups excluding carboxylic acids is 1. The van der Waals surface area contributed by atoms with Crippen molar-refractivity contribution in [1.29, 1.82) is 0 Å². The Balaban J connectivity index is 1.63. The van der Waals surface area contributed by atoms with Crippen molar-refractivity contribution in [2.24, 2.45) is 5.41 Å². The molecule has 124 valence electrons. The Morgan fingerprint density at radius 3 is 2.52 bits per heavy atom. The van der Waals surface area contributed by atoms with Gasteiger partial charge in [0.25, 0.3) is 0 Å². The first-order valence-corrected chi connectivity index (χ1v) is 9.71. The molecule has 0 amide bonds. The lowest BCUT2D eigenvalue weighted by Gasteiger charge is -2.34. The van der Waals surface area contributed by atoms with E-state index in [1.54, 1.807) is 6.07 Å². The third-order valence-electron chi connectivity index (χ3n) is 5.56. The van der Waals surface area contributed by atoms with Gasteiger partial charge in [-0.3, -0.25) is 0 Å². The molecular formula is C18H23NO3S. The number of esters is 1. The molecule has 2 saturated carbocycles. The standard InChI is InChI=1S/C18H23NO3S/c1-22-17(20)15-5-4-14(23(21)13-2-3-13)12-16(15)19-10-8-18(6-7-18)9-11-19/h4-5,12-13H,2-3,6-11H2,1H3. The number of hydrogen-bond acceptors (Lipinski definition) is 4. The molecule has 0 radical (unpaired) electrons. The van der Waals surface area contributed by atoms with E-state index in [-0.39, 0.29) is 5.97 Å². The summed E-state index contributed by atoms with van der Waals surface area (Å²) in [5, 5.41) is 0.308. The van der Waals surface area contributed by atoms with Crippen LogP contribution in [0.25, 0.3) is 0 Å². The summed E-state index contributed by atoms with van der Waals surface area (Å²) in [6, 6.07) is 5.58. The third-order valence-corrected chi connectivity index (χ3v) is 7.35. The number of rotatable bonds is 4. The minimum Gasteiger partial charge on any atom is -0.611 e. The lowest BCUT2D eigenvalue weighted by Crippen LogP contribution is -2.35. The maximum atomic E-state index is 12.5. The number of ether oxygens (including phenoxy) is 1. The zero-order valence-electron chi connectivity index (χ0n) is 13.5. The molecule has 2 aliphatic carbocycles. The molecular weight excluding hydrogens is 310 g/mol. The van der Waals surface area contributed by atoms with Crippen molar-refractivity contribution >= 4 is 22.8 Å². The van der Waals surface area contributed by atoms with E-state index >= 15 is 0 Å². The van der Waals surface area contributed by atoms with Crippen molar-refractivity contribution in [3.8, 4) is 0 Å². The second-order valence-corrected chi connectivity index (χ2v) is 8.89. The van der Waals surface area contributed by atoms with Gasteiger partial charge in [-0.1, -0.05) is 0 Å². The van der Waals surface area contributed by atoms with Crippen LogP contribution in [0.1, 0.15) is 48.9 Å². The molecule has 0 bridgehead atoms. The first kappa shape index (κ1) is 15.3. The number of benzene rings is 1. The predicted octanol–water partition coefficient (Wildman–Crippen LogP) is 3.12. The minimum atomic E-state index is -0.944. The molecule has 1 spiro atoms. The first-order valence-electron chi connectivity index (χ1n) is 8.50. The molecule has 4 rings (SSSR count). The van der Waals surface area contributed by atoms with E-state index in [1.165, 1.54) is 32.8 Å². The monoisotopic (exact) mass is 333 g/mol. The van der Waals surface area contributed by atoms with Crippen molar-refractivity contribution in [1.82, 2.24) is 0 Å². The number of piperidine rings is 1. The fourth-order valence-electron chi connectivity index (χ4n) is 3.55. The molecule has 3 aliphatic rings. The summed E-state index contributed by atoms with van der Waals surface area (Å²) in [7, 11) is 1.41. The topological polar surface area (TPSA) is 52.6 Å². The first-order chi connectivity index (χ1) is 11.1. The Morgan fingerprint density at radius 1 is 1.26 bits per heavy atom. The predicted molar refractivity (Wildman–Crippen MR) is 90.3 cm³/mol. The van der Waals surface area contributed by atoms with Gasteiger partial charge < -0.3 is 14.2 Å². The van der Waals surface area contributed by atoms with Gasteiger partial charge in [-0.25, -0.2) is 4.79 Å². The lowest BCUT2D eigenvalue weighted by molar-refractivity contribution is 0.0601. The highest BCUT2D eigenvalue weighted by Crippen LogP contribution is 2.54. The Bertz CT molecular complexity index is 615. The smallest absolute Gasteiger partial charge is 0.339 e. The number of anilines is 1. The van der Waals surface area contributed by atoms with Crippen molar-refractivity contribution in [3.05, 3.63) is 23.8 Å². The summed E-state index contributed by atoms with van der Waals surface area (Å²) in [5.74, 6) is -0.310. The SMILES string of the molecule is COC(=O)c1ccc([S+]([O-])C2CC2)cc1N1CCC2(CC1)CC2. The molecule has 1 heterocycles. The van der Waals surface area contributed by atoms with E-state index in [0.717, 1.165) is 36.5 Å². The molecule has 1 aromatic rings. The summed E-state index contributed by atoms with van der Waals surface area (Å²) >= 11 is -0.944. The summed E-state index contributed by atoms with van der Waals surface area (Å²) in [6.07, 6.45) is 7.21. The van der Waals surface area contributed by atoms with Gasteiger partial charge in [0.05, 0.1) is 18.4 Å². The van der Waals surface area contributed by atoms with Crippen LogP contribution in [0.2, 0.25) is 0 Å². The van der Waals surface area contributed by atoms with Crippen LogP contribution in [0, 0.1) is 5.41 Å². The van der Waals surface area contributed by atoms with Gasteiger partial charge in [0, 0.05) is 32.0 Å². The van der Waals surface area contributed by atoms with Crippen LogP contribution in [0.15, 0.2) is 23.1 Å². The van der Waals surface area contributed by atoms with Crippen LogP contribution in [0.4, 0.5) is 5.69 Å². The van der Waals surface area contributed by atoms with Gasteiger partial charge in [-0.05, 0) is 54.4 Å². The normalized spacial score (nSPS) is 23.7. The van der Waals surface area contributed by atoms with Crippen molar-refractivity contribution < 1.29 is 14.1 Å². The van der Waals surface area contributed by atoms with E-state index in [2.05, 4.69) is 4.90 Å². The average Bonchev–Trinajstić information content (AvgIpc) is 3.50. The van der Waals surface area contributed by atoms with E-state index in [4.69, 9.17) is 4.74 Å². The molecule has 1 atom stereocenters. The van der Waals surface area contributed by atoms with Gasteiger partial charge in [-0.2, -0.15) is 0 Å². The fourth-order valence-corrected chi connectivity index (χ4v) is 4.93. The summed E-state index contributed by atoms with van der Waals surface area (Å²) in [4.78, 5) is 15.2. The second kappa shape index (κ2) is 5.71. The molecule has 1 saturated heterocycles. The molecule has 4 nitrogen and oxygen atoms in total. The van der Waals surface area contributed by atoms with E-state index in [9.17, 15) is 9.35 Å². The Hall–Kier alpha value is -1.20. The quantitative estimate of drug-likeness (QED) is 0.627. The van der Waals surface area contributed by atoms with Crippen molar-refractivity contribution in [2.45, 2.75) is 48.7 Å². The largest absolute Gasteiger partial charge is 0.611 e. The number of methoxy groups -OCH3 is 1. The van der Waals surface area contributed by atoms with Crippen LogP contribution in [-0.2, 0) is 15.9 Å². The van der Waals surface area contributed by atoms with E-state index in [1.807, 2.05) is 12.1 Å². The maximum Gasteiger partial charge on any atom is 0.339 e. The molecule has 1 aromatic carbocycles. The van der Waals surface area contributed by atoms with Crippen molar-refractivity contribution in [2.75, 3.05) is 25.1 Å². The zero-order valence-corrected chi connectivity index (χ0v) is 14.4. The lowest BCUT2D eigenvalue weighted by atomic mass is 9.93. The van der Waals surface area contributed by atoms with Crippen LogP contribution < -0.4 is 4.90 Å². The fraction of sp³-hybridized carbons (Fsp3) is 0.611. The van der Waals surface area contributed by atoms with Crippen molar-refractivity contribution in [3.63, 3.8) is 0 Å². The Labute approximate surface area is 140 Å². The highest BCUT2D eigenvalue weighted by atomic mass is 32.2. The maximum absolute atomic E-state index is 12.5. The second-order valence-electron chi connectivity index (χ2n) is 7.15. The number of nitrogens with zero attached hydrogens (tertiary/aromatic N) is 1. The van der Waals surface area contributed by atoms with Crippen LogP contribution in [0.5, 0.6) is 0 Å². The molecule has 1 unspecified atom stereocenters. The summed E-state index contributed by atoms with van der Waals surface area (Å²) in [5.41, 5.74) is 2.09. The average molecular weight is 333 g/mol. The third kappa shape index (κ3) is 2.96. The highest BCUT2D eigenvalue weighted by Gasteiger charge is 2.45. The Morgan fingerprint density at radius 2 is 1.96 bits per heavy atom. The van der Waals surface area contributed by atoms with Gasteiger partial charge in [0.2, 0.25) is 0 Å². The minimum absolute atomic E-state index is 0.308. The van der Waals surface area contributed by atoms with Crippen LogP contribution in [0.3, 0.4) is 0 Å². The van der Waals surface area contributed by atoms with E-state index in [0.29, 0.717) is 16.2 Å². The molecule has 0 N–H and O–H groups in total. The zero-order chi connectivity index (χ0) is 16.0. The number of hydrogen-bond donors (Lipinski definition) is 0.